The molecule has 0 atom stereocenters. The highest BCUT2D eigenvalue weighted by molar-refractivity contribution is 6.32. The molecule has 0 radical (unpaired) electrons. The minimum atomic E-state index is -0.540. The van der Waals surface area contributed by atoms with Crippen LogP contribution in [0.25, 0.3) is 0 Å². The van der Waals surface area contributed by atoms with Crippen LogP contribution in [-0.4, -0.2) is 21.4 Å². The van der Waals surface area contributed by atoms with Gasteiger partial charge in [0.1, 0.15) is 11.6 Å². The van der Waals surface area contributed by atoms with Crippen molar-refractivity contribution in [1.29, 1.82) is 0 Å². The molecule has 110 valence electrons. The summed E-state index contributed by atoms with van der Waals surface area (Å²) >= 11 is 5.94. The van der Waals surface area contributed by atoms with Gasteiger partial charge in [-0.3, -0.25) is 10.1 Å². The Morgan fingerprint density at radius 2 is 2.19 bits per heavy atom. The van der Waals surface area contributed by atoms with Gasteiger partial charge >= 0.3 is 0 Å². The molecular weight excluding hydrogens is 298 g/mol. The molecule has 0 unspecified atom stereocenters. The topological polar surface area (TPSA) is 116 Å². The quantitative estimate of drug-likeness (QED) is 0.644. The Kier molecular flexibility index (Phi) is 4.39. The van der Waals surface area contributed by atoms with Crippen molar-refractivity contribution in [3.8, 4) is 11.6 Å². The fourth-order valence-electron chi connectivity index (χ4n) is 1.57. The third kappa shape index (κ3) is 3.69. The maximum atomic E-state index is 10.6. The van der Waals surface area contributed by atoms with Crippen molar-refractivity contribution in [1.82, 2.24) is 9.97 Å². The van der Waals surface area contributed by atoms with Crippen molar-refractivity contribution in [3.05, 3.63) is 39.4 Å². The van der Waals surface area contributed by atoms with E-state index in [1.165, 1.54) is 18.2 Å². The predicted octanol–water partition coefficient (Wildman–Crippen LogP) is 2.84. The van der Waals surface area contributed by atoms with Gasteiger partial charge in [0.25, 0.3) is 5.69 Å². The molecule has 1 aromatic carbocycles. The van der Waals surface area contributed by atoms with Gasteiger partial charge < -0.3 is 15.8 Å². The highest BCUT2D eigenvalue weighted by Gasteiger charge is 2.12. The van der Waals surface area contributed by atoms with Crippen molar-refractivity contribution in [2.75, 3.05) is 17.6 Å². The van der Waals surface area contributed by atoms with Crippen LogP contribution in [-0.2, 0) is 0 Å². The van der Waals surface area contributed by atoms with Gasteiger partial charge in [-0.05, 0) is 13.0 Å². The Labute approximate surface area is 125 Å². The first kappa shape index (κ1) is 14.8. The number of nitrogens with one attached hydrogen (secondary N) is 1. The Balaban J connectivity index is 2.27. The molecule has 9 heteroatoms. The van der Waals surface area contributed by atoms with Gasteiger partial charge in [0.05, 0.1) is 9.95 Å². The van der Waals surface area contributed by atoms with Crippen LogP contribution in [0.4, 0.5) is 17.5 Å². The highest BCUT2D eigenvalue weighted by Crippen LogP contribution is 2.32. The summed E-state index contributed by atoms with van der Waals surface area (Å²) in [5, 5.41) is 13.7. The molecule has 1 aromatic heterocycles. The molecule has 0 aliphatic heterocycles. The smallest absolute Gasteiger partial charge is 0.271 e. The van der Waals surface area contributed by atoms with Gasteiger partial charge in [-0.25, -0.2) is 0 Å². The maximum Gasteiger partial charge on any atom is 0.271 e. The van der Waals surface area contributed by atoms with Crippen LogP contribution in [0.3, 0.4) is 0 Å². The van der Waals surface area contributed by atoms with Crippen LogP contribution in [0.2, 0.25) is 5.02 Å². The lowest BCUT2D eigenvalue weighted by molar-refractivity contribution is -0.384. The first-order valence-corrected chi connectivity index (χ1v) is 6.37. The van der Waals surface area contributed by atoms with Gasteiger partial charge in [-0.1, -0.05) is 11.6 Å². The van der Waals surface area contributed by atoms with Crippen molar-refractivity contribution in [3.63, 3.8) is 0 Å². The number of nitro groups is 1. The number of benzene rings is 1. The van der Waals surface area contributed by atoms with Gasteiger partial charge in [-0.2, -0.15) is 9.97 Å². The molecule has 8 nitrogen and oxygen atoms in total. The molecule has 3 N–H and O–H groups in total. The number of anilines is 2. The SMILES string of the molecule is CCNc1cc(Oc2ccc([N+](=O)[O-])cc2Cl)nc(N)n1. The molecule has 0 spiro atoms. The summed E-state index contributed by atoms with van der Waals surface area (Å²) < 4.78 is 5.49. The molecule has 1 heterocycles. The predicted molar refractivity (Wildman–Crippen MR) is 78.8 cm³/mol. The lowest BCUT2D eigenvalue weighted by Gasteiger charge is -2.09. The van der Waals surface area contributed by atoms with E-state index in [9.17, 15) is 10.1 Å². The van der Waals surface area contributed by atoms with Crippen molar-refractivity contribution in [2.45, 2.75) is 6.92 Å². The van der Waals surface area contributed by atoms with Crippen molar-refractivity contribution >= 4 is 29.1 Å². The van der Waals surface area contributed by atoms with Crippen molar-refractivity contribution in [2.24, 2.45) is 0 Å². The van der Waals surface area contributed by atoms with Crippen LogP contribution in [0.15, 0.2) is 24.3 Å². The molecule has 0 bridgehead atoms. The number of ether oxygens (including phenoxy) is 1. The van der Waals surface area contributed by atoms with E-state index in [0.717, 1.165) is 0 Å². The number of hydrogen-bond donors (Lipinski definition) is 2. The van der Waals surface area contributed by atoms with Crippen LogP contribution in [0.5, 0.6) is 11.6 Å². The zero-order chi connectivity index (χ0) is 15.4. The number of halogens is 1. The lowest BCUT2D eigenvalue weighted by Crippen LogP contribution is -2.04. The monoisotopic (exact) mass is 309 g/mol. The maximum absolute atomic E-state index is 10.6. The van der Waals surface area contributed by atoms with E-state index in [1.807, 2.05) is 6.92 Å². The first-order valence-electron chi connectivity index (χ1n) is 6.00. The fraction of sp³-hybridized carbons (Fsp3) is 0.167. The summed E-state index contributed by atoms with van der Waals surface area (Å²) in [6.07, 6.45) is 0. The fourth-order valence-corrected chi connectivity index (χ4v) is 1.78. The zero-order valence-electron chi connectivity index (χ0n) is 11.0. The van der Waals surface area contributed by atoms with E-state index in [1.54, 1.807) is 6.07 Å². The molecule has 0 saturated heterocycles. The summed E-state index contributed by atoms with van der Waals surface area (Å²) in [7, 11) is 0. The number of rotatable bonds is 5. The summed E-state index contributed by atoms with van der Waals surface area (Å²) in [5.41, 5.74) is 5.46. The summed E-state index contributed by atoms with van der Waals surface area (Å²) in [4.78, 5) is 18.0. The molecule has 2 rings (SSSR count). The summed E-state index contributed by atoms with van der Waals surface area (Å²) in [6, 6.07) is 5.44. The number of aromatic nitrogens is 2. The van der Waals surface area contributed by atoms with E-state index >= 15 is 0 Å². The largest absolute Gasteiger partial charge is 0.437 e. The van der Waals surface area contributed by atoms with E-state index in [4.69, 9.17) is 22.1 Å². The van der Waals surface area contributed by atoms with Crippen molar-refractivity contribution < 1.29 is 9.66 Å². The van der Waals surface area contributed by atoms with Gasteiger partial charge in [0.15, 0.2) is 0 Å². The minimum Gasteiger partial charge on any atom is -0.437 e. The van der Waals surface area contributed by atoms with Crippen LogP contribution in [0.1, 0.15) is 6.92 Å². The van der Waals surface area contributed by atoms with Crippen LogP contribution < -0.4 is 15.8 Å². The van der Waals surface area contributed by atoms with E-state index in [0.29, 0.717) is 12.4 Å². The Morgan fingerprint density at radius 1 is 1.43 bits per heavy atom. The Bertz CT molecular complexity index is 680. The molecule has 0 saturated carbocycles. The third-order valence-electron chi connectivity index (χ3n) is 2.42. The standard InChI is InChI=1S/C12H12ClN5O3/c1-2-15-10-6-11(17-12(14)16-10)21-9-4-3-7(18(19)20)5-8(9)13/h3-6H,2H2,1H3,(H3,14,15,16,17). The van der Waals surface area contributed by atoms with E-state index in [-0.39, 0.29) is 28.3 Å². The third-order valence-corrected chi connectivity index (χ3v) is 2.71. The minimum absolute atomic E-state index is 0.0430. The molecule has 21 heavy (non-hydrogen) atoms. The molecule has 0 aliphatic carbocycles. The average Bonchev–Trinajstić information content (AvgIpc) is 2.40. The highest BCUT2D eigenvalue weighted by atomic mass is 35.5. The van der Waals surface area contributed by atoms with Gasteiger partial charge in [-0.15, -0.1) is 0 Å². The summed E-state index contributed by atoms with van der Waals surface area (Å²) in [5.74, 6) is 0.983. The Hall–Kier alpha value is -2.61. The lowest BCUT2D eigenvalue weighted by atomic mass is 10.3. The molecule has 0 fully saturated rings. The number of nitro benzene ring substituents is 1. The Morgan fingerprint density at radius 3 is 2.81 bits per heavy atom. The first-order chi connectivity index (χ1) is 9.99. The number of nitrogen functional groups attached to an aromatic ring is 1. The average molecular weight is 310 g/mol. The van der Waals surface area contributed by atoms with Crippen LogP contribution >= 0.6 is 11.6 Å². The molecule has 2 aromatic rings. The van der Waals surface area contributed by atoms with E-state index < -0.39 is 4.92 Å². The van der Waals surface area contributed by atoms with Gasteiger partial charge in [0, 0.05) is 24.7 Å². The molecule has 0 aliphatic rings. The van der Waals surface area contributed by atoms with Gasteiger partial charge in [0.2, 0.25) is 11.8 Å². The molecule has 0 amide bonds. The second-order valence-electron chi connectivity index (χ2n) is 3.95. The van der Waals surface area contributed by atoms with E-state index in [2.05, 4.69) is 15.3 Å². The second kappa shape index (κ2) is 6.23. The zero-order valence-corrected chi connectivity index (χ0v) is 11.8. The number of nitrogens with two attached hydrogens (primary N) is 1. The molecular formula is C12H12ClN5O3. The number of non-ortho nitro benzene ring substituents is 1. The summed E-state index contributed by atoms with van der Waals surface area (Å²) in [6.45, 7) is 2.57. The number of nitrogens with zero attached hydrogens (tertiary/aromatic N) is 3. The van der Waals surface area contributed by atoms with Crippen LogP contribution in [0, 0.1) is 10.1 Å². The number of hydrogen-bond acceptors (Lipinski definition) is 7. The second-order valence-corrected chi connectivity index (χ2v) is 4.36. The normalized spacial score (nSPS) is 10.2.